The van der Waals surface area contributed by atoms with E-state index in [2.05, 4.69) is 17.6 Å². The van der Waals surface area contributed by atoms with E-state index in [4.69, 9.17) is 4.74 Å². The lowest BCUT2D eigenvalue weighted by atomic mass is 9.89. The SMILES string of the molecule is CCC1CCCNC1CNC(=O)COC. The summed E-state index contributed by atoms with van der Waals surface area (Å²) in [5, 5.41) is 6.35. The summed E-state index contributed by atoms with van der Waals surface area (Å²) in [5.41, 5.74) is 0. The smallest absolute Gasteiger partial charge is 0.246 e. The van der Waals surface area contributed by atoms with Crippen molar-refractivity contribution in [2.24, 2.45) is 5.92 Å². The van der Waals surface area contributed by atoms with Gasteiger partial charge in [0.1, 0.15) is 6.61 Å². The Kier molecular flexibility index (Phi) is 5.65. The van der Waals surface area contributed by atoms with Gasteiger partial charge in [-0.3, -0.25) is 4.79 Å². The van der Waals surface area contributed by atoms with E-state index in [1.165, 1.54) is 26.4 Å². The molecular formula is C11H22N2O2. The van der Waals surface area contributed by atoms with Crippen molar-refractivity contribution in [3.05, 3.63) is 0 Å². The lowest BCUT2D eigenvalue weighted by Crippen LogP contribution is -2.49. The van der Waals surface area contributed by atoms with Crippen molar-refractivity contribution in [2.75, 3.05) is 26.8 Å². The number of amides is 1. The number of ether oxygens (including phenoxy) is 1. The van der Waals surface area contributed by atoms with Crippen molar-refractivity contribution in [1.29, 1.82) is 0 Å². The number of hydrogen-bond donors (Lipinski definition) is 2. The molecule has 2 N–H and O–H groups in total. The molecule has 1 rings (SSSR count). The van der Waals surface area contributed by atoms with Gasteiger partial charge in [0.15, 0.2) is 0 Å². The van der Waals surface area contributed by atoms with Crippen LogP contribution in [0.25, 0.3) is 0 Å². The quantitative estimate of drug-likeness (QED) is 0.702. The molecule has 4 heteroatoms. The Hall–Kier alpha value is -0.610. The summed E-state index contributed by atoms with van der Waals surface area (Å²) in [4.78, 5) is 11.2. The second-order valence-corrected chi connectivity index (χ2v) is 4.11. The highest BCUT2D eigenvalue weighted by Gasteiger charge is 2.23. The van der Waals surface area contributed by atoms with Gasteiger partial charge >= 0.3 is 0 Å². The lowest BCUT2D eigenvalue weighted by Gasteiger charge is -2.32. The van der Waals surface area contributed by atoms with E-state index >= 15 is 0 Å². The van der Waals surface area contributed by atoms with Gasteiger partial charge in [-0.25, -0.2) is 0 Å². The minimum atomic E-state index is -0.0280. The maximum absolute atomic E-state index is 11.2. The molecule has 2 atom stereocenters. The number of carbonyl (C=O) groups excluding carboxylic acids is 1. The van der Waals surface area contributed by atoms with Gasteiger partial charge in [0.05, 0.1) is 0 Å². The number of rotatable bonds is 5. The van der Waals surface area contributed by atoms with Crippen LogP contribution in [0.4, 0.5) is 0 Å². The Bertz CT molecular complexity index is 197. The van der Waals surface area contributed by atoms with Crippen LogP contribution in [0.2, 0.25) is 0 Å². The number of methoxy groups -OCH3 is 1. The molecule has 0 radical (unpaired) electrons. The molecule has 1 aliphatic heterocycles. The Morgan fingerprint density at radius 1 is 1.60 bits per heavy atom. The second-order valence-electron chi connectivity index (χ2n) is 4.11. The Morgan fingerprint density at radius 3 is 3.07 bits per heavy atom. The van der Waals surface area contributed by atoms with Gasteiger partial charge in [0, 0.05) is 19.7 Å². The fourth-order valence-corrected chi connectivity index (χ4v) is 2.15. The van der Waals surface area contributed by atoms with Crippen LogP contribution in [-0.4, -0.2) is 38.8 Å². The first-order chi connectivity index (χ1) is 7.27. The minimum Gasteiger partial charge on any atom is -0.375 e. The first-order valence-electron chi connectivity index (χ1n) is 5.77. The fraction of sp³-hybridized carbons (Fsp3) is 0.909. The van der Waals surface area contributed by atoms with Crippen molar-refractivity contribution in [3.63, 3.8) is 0 Å². The monoisotopic (exact) mass is 214 g/mol. The average molecular weight is 214 g/mol. The van der Waals surface area contributed by atoms with Gasteiger partial charge in [0.2, 0.25) is 5.91 Å². The van der Waals surface area contributed by atoms with Crippen molar-refractivity contribution in [3.8, 4) is 0 Å². The largest absolute Gasteiger partial charge is 0.375 e. The van der Waals surface area contributed by atoms with E-state index in [-0.39, 0.29) is 12.5 Å². The van der Waals surface area contributed by atoms with E-state index in [1.54, 1.807) is 0 Å². The highest BCUT2D eigenvalue weighted by molar-refractivity contribution is 5.77. The van der Waals surface area contributed by atoms with Crippen LogP contribution in [0.15, 0.2) is 0 Å². The van der Waals surface area contributed by atoms with Crippen LogP contribution in [0, 0.1) is 5.92 Å². The summed E-state index contributed by atoms with van der Waals surface area (Å²) in [7, 11) is 1.54. The zero-order valence-corrected chi connectivity index (χ0v) is 9.71. The first-order valence-corrected chi connectivity index (χ1v) is 5.77. The third-order valence-electron chi connectivity index (χ3n) is 3.05. The predicted molar refractivity (Wildman–Crippen MR) is 59.7 cm³/mol. The Morgan fingerprint density at radius 2 is 2.40 bits per heavy atom. The van der Waals surface area contributed by atoms with Gasteiger partial charge in [-0.05, 0) is 25.3 Å². The molecule has 1 heterocycles. The van der Waals surface area contributed by atoms with E-state index in [0.717, 1.165) is 13.1 Å². The fourth-order valence-electron chi connectivity index (χ4n) is 2.15. The third-order valence-corrected chi connectivity index (χ3v) is 3.05. The van der Waals surface area contributed by atoms with Crippen molar-refractivity contribution in [2.45, 2.75) is 32.2 Å². The first kappa shape index (κ1) is 12.5. The van der Waals surface area contributed by atoms with Crippen molar-refractivity contribution < 1.29 is 9.53 Å². The summed E-state index contributed by atoms with van der Waals surface area (Å²) in [6.07, 6.45) is 3.70. The molecule has 15 heavy (non-hydrogen) atoms. The van der Waals surface area contributed by atoms with Crippen LogP contribution in [0.1, 0.15) is 26.2 Å². The molecule has 0 bridgehead atoms. The van der Waals surface area contributed by atoms with E-state index < -0.39 is 0 Å². The minimum absolute atomic E-state index is 0.0280. The van der Waals surface area contributed by atoms with Gasteiger partial charge in [-0.1, -0.05) is 13.3 Å². The highest BCUT2D eigenvalue weighted by atomic mass is 16.5. The molecule has 1 aliphatic rings. The molecule has 0 saturated carbocycles. The molecule has 0 aliphatic carbocycles. The molecule has 0 aromatic rings. The van der Waals surface area contributed by atoms with E-state index in [9.17, 15) is 4.79 Å². The van der Waals surface area contributed by atoms with E-state index in [1.807, 2.05) is 0 Å². The third kappa shape index (κ3) is 4.18. The summed E-state index contributed by atoms with van der Waals surface area (Å²) < 4.78 is 4.76. The maximum atomic E-state index is 11.2. The summed E-state index contributed by atoms with van der Waals surface area (Å²) in [6.45, 7) is 4.16. The maximum Gasteiger partial charge on any atom is 0.246 e. The zero-order valence-electron chi connectivity index (χ0n) is 9.71. The number of nitrogens with one attached hydrogen (secondary N) is 2. The summed E-state index contributed by atoms with van der Waals surface area (Å²) >= 11 is 0. The van der Waals surface area contributed by atoms with Gasteiger partial charge in [0.25, 0.3) is 0 Å². The molecular weight excluding hydrogens is 192 g/mol. The molecule has 88 valence electrons. The molecule has 1 amide bonds. The van der Waals surface area contributed by atoms with Crippen LogP contribution in [-0.2, 0) is 9.53 Å². The standard InChI is InChI=1S/C11H22N2O2/c1-3-9-5-4-6-12-10(9)7-13-11(14)8-15-2/h9-10,12H,3-8H2,1-2H3,(H,13,14). The number of hydrogen-bond acceptors (Lipinski definition) is 3. The lowest BCUT2D eigenvalue weighted by molar-refractivity contribution is -0.124. The molecule has 1 fully saturated rings. The molecule has 0 aromatic heterocycles. The summed E-state index contributed by atoms with van der Waals surface area (Å²) in [5.74, 6) is 0.668. The molecule has 0 aromatic carbocycles. The molecule has 0 spiro atoms. The van der Waals surface area contributed by atoms with Crippen LogP contribution in [0.5, 0.6) is 0 Å². The number of carbonyl (C=O) groups is 1. The average Bonchev–Trinajstić information content (AvgIpc) is 2.27. The van der Waals surface area contributed by atoms with Crippen molar-refractivity contribution in [1.82, 2.24) is 10.6 Å². The normalized spacial score (nSPS) is 26.3. The molecule has 1 saturated heterocycles. The van der Waals surface area contributed by atoms with Crippen LogP contribution in [0.3, 0.4) is 0 Å². The van der Waals surface area contributed by atoms with Gasteiger partial charge in [-0.2, -0.15) is 0 Å². The van der Waals surface area contributed by atoms with Crippen molar-refractivity contribution >= 4 is 5.91 Å². The Labute approximate surface area is 91.8 Å². The zero-order chi connectivity index (χ0) is 11.1. The van der Waals surface area contributed by atoms with Crippen LogP contribution < -0.4 is 10.6 Å². The predicted octanol–water partition coefficient (Wildman–Crippen LogP) is 0.527. The summed E-state index contributed by atoms with van der Waals surface area (Å²) in [6, 6.07) is 0.435. The molecule has 2 unspecified atom stereocenters. The molecule has 4 nitrogen and oxygen atoms in total. The van der Waals surface area contributed by atoms with Crippen LogP contribution >= 0.6 is 0 Å². The Balaban J connectivity index is 2.26. The second kappa shape index (κ2) is 6.80. The van der Waals surface area contributed by atoms with E-state index in [0.29, 0.717) is 12.0 Å². The number of piperidine rings is 1. The highest BCUT2D eigenvalue weighted by Crippen LogP contribution is 2.18. The van der Waals surface area contributed by atoms with Gasteiger partial charge in [-0.15, -0.1) is 0 Å². The topological polar surface area (TPSA) is 50.4 Å². The van der Waals surface area contributed by atoms with Gasteiger partial charge < -0.3 is 15.4 Å².